The number of carbonyl (C=O) groups is 1. The van der Waals surface area contributed by atoms with Crippen LogP contribution < -0.4 is 14.4 Å². The van der Waals surface area contributed by atoms with Crippen LogP contribution in [0.3, 0.4) is 0 Å². The van der Waals surface area contributed by atoms with E-state index in [0.717, 1.165) is 0 Å². The summed E-state index contributed by atoms with van der Waals surface area (Å²) in [6.45, 7) is 3.23. The number of ether oxygens (including phenoxy) is 1. The second kappa shape index (κ2) is 5.79. The first-order valence-corrected chi connectivity index (χ1v) is 8.30. The molecule has 6 nitrogen and oxygen atoms in total. The van der Waals surface area contributed by atoms with E-state index in [0.29, 0.717) is 22.8 Å². The van der Waals surface area contributed by atoms with E-state index in [2.05, 4.69) is 4.72 Å². The maximum absolute atomic E-state index is 13.2. The summed E-state index contributed by atoms with van der Waals surface area (Å²) in [6.07, 6.45) is 0. The topological polar surface area (TPSA) is 75.7 Å². The minimum atomic E-state index is -2.81. The van der Waals surface area contributed by atoms with Gasteiger partial charge in [-0.2, -0.15) is 0 Å². The monoisotopic (exact) mass is 350 g/mol. The van der Waals surface area contributed by atoms with Crippen molar-refractivity contribution < 1.29 is 22.3 Å². The van der Waals surface area contributed by atoms with Crippen LogP contribution in [-0.4, -0.2) is 19.9 Å². The number of nitrogens with one attached hydrogen (secondary N) is 1. The number of hydrogen-bond donors (Lipinski definition) is 2. The van der Waals surface area contributed by atoms with Crippen LogP contribution >= 0.6 is 0 Å². The summed E-state index contributed by atoms with van der Waals surface area (Å²) in [5.74, 6) is -0.360. The Hall–Kier alpha value is -2.61. The molecule has 24 heavy (non-hydrogen) atoms. The fraction of sp³-hybridized carbons (Fsp3) is 0.188. The summed E-state index contributed by atoms with van der Waals surface area (Å²) in [5.41, 5.74) is 0.126. The Bertz CT molecular complexity index is 870. The first-order chi connectivity index (χ1) is 11.3. The van der Waals surface area contributed by atoms with Gasteiger partial charge in [-0.25, -0.2) is 12.8 Å². The van der Waals surface area contributed by atoms with Crippen LogP contribution in [0, 0.1) is 5.82 Å². The van der Waals surface area contributed by atoms with E-state index >= 15 is 0 Å². The molecule has 0 atom stereocenters. The Balaban J connectivity index is 2.12. The lowest BCUT2D eigenvalue weighted by Gasteiger charge is -2.38. The van der Waals surface area contributed by atoms with Gasteiger partial charge in [0.05, 0.1) is 11.4 Å². The predicted octanol–water partition coefficient (Wildman–Crippen LogP) is 2.60. The van der Waals surface area contributed by atoms with Gasteiger partial charge in [-0.3, -0.25) is 14.4 Å². The van der Waals surface area contributed by atoms with E-state index in [9.17, 15) is 17.6 Å². The summed E-state index contributed by atoms with van der Waals surface area (Å²) in [6, 6.07) is 10.1. The third kappa shape index (κ3) is 2.92. The van der Waals surface area contributed by atoms with Gasteiger partial charge in [0, 0.05) is 11.8 Å². The van der Waals surface area contributed by atoms with E-state index in [4.69, 9.17) is 4.74 Å². The van der Waals surface area contributed by atoms with Crippen LogP contribution in [0.2, 0.25) is 0 Å². The van der Waals surface area contributed by atoms with Crippen molar-refractivity contribution in [3.63, 3.8) is 0 Å². The van der Waals surface area contributed by atoms with Crippen molar-refractivity contribution in [3.05, 3.63) is 48.3 Å². The molecule has 3 rings (SSSR count). The normalized spacial score (nSPS) is 15.8. The molecule has 1 aliphatic heterocycles. The Morgan fingerprint density at radius 3 is 2.42 bits per heavy atom. The van der Waals surface area contributed by atoms with Crippen molar-refractivity contribution in [1.29, 1.82) is 0 Å². The van der Waals surface area contributed by atoms with E-state index < -0.39 is 22.3 Å². The van der Waals surface area contributed by atoms with E-state index in [-0.39, 0.29) is 5.91 Å². The van der Waals surface area contributed by atoms with Gasteiger partial charge in [-0.05, 0) is 50.2 Å². The zero-order valence-electron chi connectivity index (χ0n) is 12.9. The molecule has 1 aliphatic rings. The Morgan fingerprint density at radius 1 is 1.12 bits per heavy atom. The molecule has 1 heterocycles. The zero-order valence-corrected chi connectivity index (χ0v) is 13.8. The average Bonchev–Trinajstić information content (AvgIpc) is 2.49. The molecule has 0 bridgehead atoms. The lowest BCUT2D eigenvalue weighted by molar-refractivity contribution is -0.131. The van der Waals surface area contributed by atoms with Gasteiger partial charge >= 0.3 is 0 Å². The highest BCUT2D eigenvalue weighted by atomic mass is 32.2. The van der Waals surface area contributed by atoms with Crippen LogP contribution in [0.4, 0.5) is 21.5 Å². The van der Waals surface area contributed by atoms with E-state index in [1.807, 2.05) is 0 Å². The SMILES string of the molecule is CC1(C)Oc2cc(N[SH](=O)=O)ccc2N(c2ccc(F)cc2)C1=O. The Labute approximate surface area is 139 Å². The minimum absolute atomic E-state index is 0.308. The van der Waals surface area contributed by atoms with Gasteiger partial charge in [0.2, 0.25) is 10.9 Å². The quantitative estimate of drug-likeness (QED) is 0.835. The van der Waals surface area contributed by atoms with Crippen molar-refractivity contribution in [2.45, 2.75) is 19.4 Å². The molecule has 0 saturated heterocycles. The van der Waals surface area contributed by atoms with Crippen LogP contribution in [-0.2, 0) is 15.7 Å². The highest BCUT2D eigenvalue weighted by Crippen LogP contribution is 2.43. The molecule has 1 N–H and O–H groups in total. The van der Waals surface area contributed by atoms with Crippen molar-refractivity contribution in [3.8, 4) is 5.75 Å². The zero-order chi connectivity index (χ0) is 17.5. The molecule has 0 unspecified atom stereocenters. The third-order valence-electron chi connectivity index (χ3n) is 3.59. The van der Waals surface area contributed by atoms with Crippen LogP contribution in [0.25, 0.3) is 0 Å². The number of carbonyl (C=O) groups excluding carboxylic acids is 1. The third-order valence-corrected chi connectivity index (χ3v) is 4.03. The number of thiol groups is 1. The van der Waals surface area contributed by atoms with Crippen LogP contribution in [0.1, 0.15) is 13.8 Å². The highest BCUT2D eigenvalue weighted by Gasteiger charge is 2.41. The van der Waals surface area contributed by atoms with E-state index in [1.54, 1.807) is 19.9 Å². The molecule has 0 aliphatic carbocycles. The summed E-state index contributed by atoms with van der Waals surface area (Å²) < 4.78 is 42.8. The van der Waals surface area contributed by atoms with Crippen molar-refractivity contribution in [1.82, 2.24) is 0 Å². The molecule has 2 aromatic carbocycles. The number of anilines is 3. The molecule has 0 saturated carbocycles. The fourth-order valence-electron chi connectivity index (χ4n) is 2.50. The molecule has 2 aromatic rings. The van der Waals surface area contributed by atoms with Crippen LogP contribution in [0.15, 0.2) is 42.5 Å². The first-order valence-electron chi connectivity index (χ1n) is 7.12. The first kappa shape index (κ1) is 16.3. The highest BCUT2D eigenvalue weighted by molar-refractivity contribution is 7.73. The number of halogens is 1. The molecular weight excluding hydrogens is 335 g/mol. The van der Waals surface area contributed by atoms with Crippen molar-refractivity contribution in [2.75, 3.05) is 9.62 Å². The van der Waals surface area contributed by atoms with Crippen molar-refractivity contribution in [2.24, 2.45) is 0 Å². The van der Waals surface area contributed by atoms with Gasteiger partial charge in [-0.1, -0.05) is 0 Å². The Kier molecular flexibility index (Phi) is 3.92. The molecule has 0 radical (unpaired) electrons. The predicted molar refractivity (Wildman–Crippen MR) is 88.6 cm³/mol. The van der Waals surface area contributed by atoms with Crippen LogP contribution in [0.5, 0.6) is 5.75 Å². The molecule has 1 amide bonds. The van der Waals surface area contributed by atoms with Gasteiger partial charge in [0.25, 0.3) is 5.91 Å². The number of benzene rings is 2. The fourth-order valence-corrected chi connectivity index (χ4v) is 2.85. The van der Waals surface area contributed by atoms with Gasteiger partial charge in [0.15, 0.2) is 5.60 Å². The number of fused-ring (bicyclic) bond motifs is 1. The summed E-state index contributed by atoms with van der Waals surface area (Å²) >= 11 is 0. The number of rotatable bonds is 3. The molecular formula is C16H15FN2O4S. The summed E-state index contributed by atoms with van der Waals surface area (Å²) in [4.78, 5) is 14.2. The summed E-state index contributed by atoms with van der Waals surface area (Å²) in [7, 11) is -2.81. The second-order valence-electron chi connectivity index (χ2n) is 5.78. The van der Waals surface area contributed by atoms with Crippen molar-refractivity contribution >= 4 is 33.9 Å². The molecule has 126 valence electrons. The maximum atomic E-state index is 13.2. The molecule has 0 fully saturated rings. The number of amides is 1. The average molecular weight is 350 g/mol. The van der Waals surface area contributed by atoms with Gasteiger partial charge in [-0.15, -0.1) is 0 Å². The lowest BCUT2D eigenvalue weighted by atomic mass is 10.0. The molecule has 8 heteroatoms. The lowest BCUT2D eigenvalue weighted by Crippen LogP contribution is -2.50. The number of hydrogen-bond acceptors (Lipinski definition) is 4. The van der Waals surface area contributed by atoms with Gasteiger partial charge < -0.3 is 4.74 Å². The molecule has 0 spiro atoms. The second-order valence-corrected chi connectivity index (χ2v) is 6.52. The largest absolute Gasteiger partial charge is 0.476 e. The standard InChI is InChI=1S/C16H15FN2O4S/c1-16(2)15(20)19(12-6-3-10(17)4-7-12)13-8-5-11(18-24(21)22)9-14(13)23-16/h3-9,24H,1-2H3,(H,18,21,22). The van der Waals surface area contributed by atoms with Gasteiger partial charge in [0.1, 0.15) is 11.6 Å². The Morgan fingerprint density at radius 2 is 1.79 bits per heavy atom. The smallest absolute Gasteiger partial charge is 0.275 e. The maximum Gasteiger partial charge on any atom is 0.275 e. The molecule has 0 aromatic heterocycles. The van der Waals surface area contributed by atoms with E-state index in [1.165, 1.54) is 41.3 Å². The summed E-state index contributed by atoms with van der Waals surface area (Å²) in [5, 5.41) is 0. The number of nitrogens with zero attached hydrogens (tertiary/aromatic N) is 1. The minimum Gasteiger partial charge on any atom is -0.476 e.